The minimum absolute atomic E-state index is 0. The third-order valence-electron chi connectivity index (χ3n) is 1.16. The predicted octanol–water partition coefficient (Wildman–Crippen LogP) is 0.457. The lowest BCUT2D eigenvalue weighted by Crippen LogP contribution is -2.03. The molecule has 0 heterocycles. The summed E-state index contributed by atoms with van der Waals surface area (Å²) in [5.41, 5.74) is 0.0682. The summed E-state index contributed by atoms with van der Waals surface area (Å²) >= 11 is 0. The van der Waals surface area contributed by atoms with Crippen LogP contribution in [0.1, 0.15) is 13.3 Å². The maximum absolute atomic E-state index is 10.2. The number of carboxylic acid groups (broad SMARTS) is 1. The van der Waals surface area contributed by atoms with E-state index in [-0.39, 0.29) is 18.1 Å². The smallest absolute Gasteiger partial charge is 0.330 e. The minimum Gasteiger partial charge on any atom is -0.478 e. The van der Waals surface area contributed by atoms with Crippen molar-refractivity contribution in [2.45, 2.75) is 13.3 Å². The predicted molar refractivity (Wildman–Crippen MR) is 47.4 cm³/mol. The molecular formula is C6H13NO5S. The van der Waals surface area contributed by atoms with Crippen molar-refractivity contribution in [2.24, 2.45) is 0 Å². The molecule has 0 aromatic carbocycles. The van der Waals surface area contributed by atoms with Gasteiger partial charge in [-0.1, -0.05) is 6.08 Å². The lowest BCUT2D eigenvalue weighted by Gasteiger charge is -1.93. The summed E-state index contributed by atoms with van der Waals surface area (Å²) in [5.74, 6) is -1.54. The topological polar surface area (TPSA) is 127 Å². The van der Waals surface area contributed by atoms with Crippen molar-refractivity contribution in [1.82, 2.24) is 6.15 Å². The number of hydrogen-bond acceptors (Lipinski definition) is 4. The van der Waals surface area contributed by atoms with Crippen molar-refractivity contribution in [3.8, 4) is 0 Å². The molecule has 78 valence electrons. The van der Waals surface area contributed by atoms with Crippen LogP contribution >= 0.6 is 0 Å². The van der Waals surface area contributed by atoms with Crippen molar-refractivity contribution < 1.29 is 22.9 Å². The zero-order valence-corrected chi connectivity index (χ0v) is 8.04. The van der Waals surface area contributed by atoms with Crippen molar-refractivity contribution in [1.29, 1.82) is 0 Å². The molecule has 0 saturated heterocycles. The maximum Gasteiger partial charge on any atom is 0.330 e. The van der Waals surface area contributed by atoms with E-state index in [2.05, 4.69) is 0 Å². The molecule has 6 nitrogen and oxygen atoms in total. The first-order chi connectivity index (χ1) is 5.33. The molecule has 0 rings (SSSR count). The first-order valence-electron chi connectivity index (χ1n) is 3.18. The van der Waals surface area contributed by atoms with Crippen LogP contribution < -0.4 is 6.15 Å². The SMILES string of the molecule is CC(=CCCS(=O)(=O)O)C(=O)O.N. The van der Waals surface area contributed by atoms with Gasteiger partial charge in [-0.15, -0.1) is 0 Å². The molecule has 0 aliphatic rings. The van der Waals surface area contributed by atoms with Gasteiger partial charge in [-0.05, 0) is 13.3 Å². The van der Waals surface area contributed by atoms with Crippen LogP contribution in [0.2, 0.25) is 0 Å². The number of carboxylic acids is 1. The maximum atomic E-state index is 10.2. The van der Waals surface area contributed by atoms with Gasteiger partial charge in [0.15, 0.2) is 0 Å². The summed E-state index contributed by atoms with van der Waals surface area (Å²) in [6, 6.07) is 0. The average Bonchev–Trinajstić information content (AvgIpc) is 1.84. The van der Waals surface area contributed by atoms with E-state index in [1.807, 2.05) is 0 Å². The Hall–Kier alpha value is -0.920. The van der Waals surface area contributed by atoms with Gasteiger partial charge < -0.3 is 11.3 Å². The highest BCUT2D eigenvalue weighted by molar-refractivity contribution is 7.85. The van der Waals surface area contributed by atoms with Crippen LogP contribution in [0.3, 0.4) is 0 Å². The van der Waals surface area contributed by atoms with E-state index >= 15 is 0 Å². The molecule has 0 radical (unpaired) electrons. The molecule has 5 N–H and O–H groups in total. The molecule has 0 fully saturated rings. The highest BCUT2D eigenvalue weighted by atomic mass is 32.2. The zero-order valence-electron chi connectivity index (χ0n) is 7.23. The Bertz CT molecular complexity index is 292. The molecule has 0 unspecified atom stereocenters. The molecule has 0 aromatic heterocycles. The quantitative estimate of drug-likeness (QED) is 0.458. The molecule has 0 aromatic rings. The molecule has 0 aliphatic heterocycles. The Labute approximate surface area is 76.6 Å². The second-order valence-electron chi connectivity index (χ2n) is 2.27. The third-order valence-corrected chi connectivity index (χ3v) is 1.92. The number of carbonyl (C=O) groups is 1. The van der Waals surface area contributed by atoms with E-state index in [9.17, 15) is 13.2 Å². The van der Waals surface area contributed by atoms with Gasteiger partial charge in [-0.2, -0.15) is 8.42 Å². The van der Waals surface area contributed by atoms with Crippen LogP contribution in [0.25, 0.3) is 0 Å². The molecule has 7 heteroatoms. The summed E-state index contributed by atoms with van der Waals surface area (Å²) in [6.07, 6.45) is 1.26. The summed E-state index contributed by atoms with van der Waals surface area (Å²) in [7, 11) is -3.98. The standard InChI is InChI=1S/C6H10O5S.H3N/c1-5(6(7)8)3-2-4-12(9,10)11;/h3H,2,4H2,1H3,(H,7,8)(H,9,10,11);1H3. The summed E-state index contributed by atoms with van der Waals surface area (Å²) in [4.78, 5) is 10.2. The van der Waals surface area contributed by atoms with E-state index in [0.29, 0.717) is 0 Å². The van der Waals surface area contributed by atoms with Gasteiger partial charge in [0.1, 0.15) is 0 Å². The van der Waals surface area contributed by atoms with Crippen LogP contribution in [-0.4, -0.2) is 29.8 Å². The van der Waals surface area contributed by atoms with E-state index in [0.717, 1.165) is 0 Å². The van der Waals surface area contributed by atoms with Crippen molar-refractivity contribution >= 4 is 16.1 Å². The van der Waals surface area contributed by atoms with Crippen LogP contribution in [0.4, 0.5) is 0 Å². The number of aliphatic carboxylic acids is 1. The van der Waals surface area contributed by atoms with Crippen molar-refractivity contribution in [3.63, 3.8) is 0 Å². The Balaban J connectivity index is 0. The van der Waals surface area contributed by atoms with Crippen LogP contribution in [-0.2, 0) is 14.9 Å². The summed E-state index contributed by atoms with van der Waals surface area (Å²) in [5, 5.41) is 8.33. The number of rotatable bonds is 4. The van der Waals surface area contributed by atoms with Crippen LogP contribution in [0.15, 0.2) is 11.6 Å². The number of allylic oxidation sites excluding steroid dienone is 1. The molecule has 0 aliphatic carbocycles. The second kappa shape index (κ2) is 5.68. The van der Waals surface area contributed by atoms with E-state index in [1.54, 1.807) is 0 Å². The lowest BCUT2D eigenvalue weighted by molar-refractivity contribution is -0.132. The average molecular weight is 211 g/mol. The Morgan fingerprint density at radius 2 is 1.92 bits per heavy atom. The summed E-state index contributed by atoms with van der Waals surface area (Å²) in [6.45, 7) is 1.35. The van der Waals surface area contributed by atoms with E-state index in [4.69, 9.17) is 9.66 Å². The van der Waals surface area contributed by atoms with Gasteiger partial charge in [0.2, 0.25) is 0 Å². The highest BCUT2D eigenvalue weighted by Gasteiger charge is 2.03. The first kappa shape index (κ1) is 14.6. The fourth-order valence-corrected chi connectivity index (χ4v) is 0.927. The Kier molecular flexibility index (Phi) is 6.38. The van der Waals surface area contributed by atoms with Crippen molar-refractivity contribution in [2.75, 3.05) is 5.75 Å². The molecule has 0 bridgehead atoms. The second-order valence-corrected chi connectivity index (χ2v) is 3.84. The molecule has 0 amide bonds. The van der Waals surface area contributed by atoms with Crippen LogP contribution in [0.5, 0.6) is 0 Å². The Morgan fingerprint density at radius 1 is 1.46 bits per heavy atom. The molecular weight excluding hydrogens is 198 g/mol. The van der Waals surface area contributed by atoms with Gasteiger partial charge in [0.25, 0.3) is 10.1 Å². The van der Waals surface area contributed by atoms with Gasteiger partial charge in [-0.25, -0.2) is 4.79 Å². The largest absolute Gasteiger partial charge is 0.478 e. The van der Waals surface area contributed by atoms with E-state index < -0.39 is 21.8 Å². The highest BCUT2D eigenvalue weighted by Crippen LogP contribution is 1.97. The van der Waals surface area contributed by atoms with Gasteiger partial charge in [0.05, 0.1) is 5.75 Å². The first-order valence-corrected chi connectivity index (χ1v) is 4.79. The normalized spacial score (nSPS) is 12.0. The molecule has 0 spiro atoms. The van der Waals surface area contributed by atoms with Crippen LogP contribution in [0, 0.1) is 0 Å². The fraction of sp³-hybridized carbons (Fsp3) is 0.500. The minimum atomic E-state index is -3.98. The number of hydrogen-bond donors (Lipinski definition) is 3. The fourth-order valence-electron chi connectivity index (χ4n) is 0.512. The van der Waals surface area contributed by atoms with Gasteiger partial charge >= 0.3 is 5.97 Å². The summed E-state index contributed by atoms with van der Waals surface area (Å²) < 4.78 is 28.6. The lowest BCUT2D eigenvalue weighted by atomic mass is 10.2. The van der Waals surface area contributed by atoms with Crippen molar-refractivity contribution in [3.05, 3.63) is 11.6 Å². The zero-order chi connectivity index (χ0) is 9.78. The Morgan fingerprint density at radius 3 is 2.23 bits per heavy atom. The van der Waals surface area contributed by atoms with E-state index in [1.165, 1.54) is 13.0 Å². The van der Waals surface area contributed by atoms with Gasteiger partial charge in [-0.3, -0.25) is 4.55 Å². The molecule has 0 atom stereocenters. The van der Waals surface area contributed by atoms with Gasteiger partial charge in [0, 0.05) is 5.57 Å². The molecule has 13 heavy (non-hydrogen) atoms. The molecule has 0 saturated carbocycles. The monoisotopic (exact) mass is 211 g/mol. The third kappa shape index (κ3) is 8.99.